The van der Waals surface area contributed by atoms with Crippen molar-refractivity contribution in [2.24, 2.45) is 5.92 Å². The van der Waals surface area contributed by atoms with Crippen LogP contribution in [0.4, 0.5) is 0 Å². The molecule has 0 saturated carbocycles. The van der Waals surface area contributed by atoms with E-state index >= 15 is 0 Å². The number of hydrogen-bond donors (Lipinski definition) is 3. The summed E-state index contributed by atoms with van der Waals surface area (Å²) in [6.45, 7) is 8.65. The Bertz CT molecular complexity index is 262. The van der Waals surface area contributed by atoms with E-state index in [9.17, 15) is 9.90 Å². The van der Waals surface area contributed by atoms with Gasteiger partial charge in [0.1, 0.15) is 0 Å². The highest BCUT2D eigenvalue weighted by Gasteiger charge is 2.09. The normalized spacial score (nSPS) is 14.2. The Morgan fingerprint density at radius 3 is 2.57 bits per heavy atom. The van der Waals surface area contributed by atoms with Gasteiger partial charge >= 0.3 is 0 Å². The average Bonchev–Trinajstić information content (AvgIpc) is 2.41. The Balaban J connectivity index is 3.48. The minimum absolute atomic E-state index is 0.0177. The molecule has 0 radical (unpaired) electrons. The molecule has 0 aliphatic heterocycles. The first-order valence-electron chi connectivity index (χ1n) is 7.71. The number of aliphatic hydroxyl groups excluding tert-OH is 1. The molecule has 3 N–H and O–H groups in total. The molecule has 2 atom stereocenters. The van der Waals surface area contributed by atoms with Gasteiger partial charge in [-0.15, -0.1) is 0 Å². The quantitative estimate of drug-likeness (QED) is 0.433. The number of rotatable bonds is 13. The van der Waals surface area contributed by atoms with Crippen molar-refractivity contribution in [2.45, 2.75) is 45.8 Å². The third-order valence-corrected chi connectivity index (χ3v) is 2.91. The molecule has 126 valence electrons. The lowest BCUT2D eigenvalue weighted by Gasteiger charge is -2.18. The zero-order valence-electron chi connectivity index (χ0n) is 13.9. The van der Waals surface area contributed by atoms with E-state index in [2.05, 4.69) is 24.5 Å². The van der Waals surface area contributed by atoms with Crippen LogP contribution < -0.4 is 10.6 Å². The number of ether oxygens (including phenoxy) is 2. The molecule has 0 saturated heterocycles. The van der Waals surface area contributed by atoms with Crippen LogP contribution in [0.25, 0.3) is 0 Å². The fourth-order valence-corrected chi connectivity index (χ4v) is 1.92. The monoisotopic (exact) mass is 304 g/mol. The molecule has 0 aliphatic rings. The fraction of sp³-hybridized carbons (Fsp3) is 0.933. The number of carbonyl (C=O) groups excluding carboxylic acids is 1. The molecule has 0 aromatic rings. The van der Waals surface area contributed by atoms with Gasteiger partial charge < -0.3 is 25.2 Å². The summed E-state index contributed by atoms with van der Waals surface area (Å²) in [7, 11) is 1.60. The second-order valence-corrected chi connectivity index (χ2v) is 5.72. The van der Waals surface area contributed by atoms with Gasteiger partial charge in [0.05, 0.1) is 25.4 Å². The lowest BCUT2D eigenvalue weighted by molar-refractivity contribution is -0.121. The van der Waals surface area contributed by atoms with Crippen molar-refractivity contribution in [1.29, 1.82) is 0 Å². The summed E-state index contributed by atoms with van der Waals surface area (Å²) in [4.78, 5) is 11.4. The maximum absolute atomic E-state index is 11.4. The molecule has 0 spiro atoms. The maximum Gasteiger partial charge on any atom is 0.221 e. The molecule has 0 aromatic heterocycles. The number of aliphatic hydroxyl groups is 1. The van der Waals surface area contributed by atoms with Crippen LogP contribution >= 0.6 is 0 Å². The predicted molar refractivity (Wildman–Crippen MR) is 83.2 cm³/mol. The molecule has 21 heavy (non-hydrogen) atoms. The predicted octanol–water partition coefficient (Wildman–Crippen LogP) is 0.541. The first kappa shape index (κ1) is 20.3. The van der Waals surface area contributed by atoms with Crippen LogP contribution in [0.1, 0.15) is 33.6 Å². The highest BCUT2D eigenvalue weighted by atomic mass is 16.5. The number of nitrogens with one attached hydrogen (secondary N) is 2. The summed E-state index contributed by atoms with van der Waals surface area (Å²) < 4.78 is 10.4. The molecule has 0 fully saturated rings. The summed E-state index contributed by atoms with van der Waals surface area (Å²) in [5.41, 5.74) is 0. The van der Waals surface area contributed by atoms with E-state index < -0.39 is 6.10 Å². The van der Waals surface area contributed by atoms with Crippen molar-refractivity contribution in [3.8, 4) is 0 Å². The van der Waals surface area contributed by atoms with Gasteiger partial charge in [0, 0.05) is 33.2 Å². The van der Waals surface area contributed by atoms with Gasteiger partial charge in [-0.3, -0.25) is 4.79 Å². The SMILES string of the molecule is COCCNC(=O)CCNCC(O)COC(C)CC(C)C. The number of methoxy groups -OCH3 is 1. The number of carbonyl (C=O) groups is 1. The third kappa shape index (κ3) is 14.0. The van der Waals surface area contributed by atoms with E-state index in [0.717, 1.165) is 6.42 Å². The Hall–Kier alpha value is -0.690. The van der Waals surface area contributed by atoms with Gasteiger partial charge in [-0.1, -0.05) is 13.8 Å². The van der Waals surface area contributed by atoms with Crippen LogP contribution in [0.5, 0.6) is 0 Å². The lowest BCUT2D eigenvalue weighted by atomic mass is 10.1. The van der Waals surface area contributed by atoms with Crippen molar-refractivity contribution in [1.82, 2.24) is 10.6 Å². The Morgan fingerprint density at radius 2 is 1.95 bits per heavy atom. The minimum atomic E-state index is -0.545. The van der Waals surface area contributed by atoms with Crippen LogP contribution in [0, 0.1) is 5.92 Å². The van der Waals surface area contributed by atoms with Crippen LogP contribution in [0.3, 0.4) is 0 Å². The first-order valence-corrected chi connectivity index (χ1v) is 7.71. The van der Waals surface area contributed by atoms with Crippen molar-refractivity contribution in [2.75, 3.05) is 40.0 Å². The molecule has 2 unspecified atom stereocenters. The summed E-state index contributed by atoms with van der Waals surface area (Å²) >= 11 is 0. The van der Waals surface area contributed by atoms with Crippen LogP contribution in [0.2, 0.25) is 0 Å². The molecule has 0 aliphatic carbocycles. The van der Waals surface area contributed by atoms with Crippen LogP contribution in [-0.4, -0.2) is 63.2 Å². The van der Waals surface area contributed by atoms with Crippen molar-refractivity contribution in [3.63, 3.8) is 0 Å². The van der Waals surface area contributed by atoms with E-state index in [1.54, 1.807) is 7.11 Å². The summed E-state index contributed by atoms with van der Waals surface area (Å²) in [5.74, 6) is 0.572. The van der Waals surface area contributed by atoms with Crippen molar-refractivity contribution < 1.29 is 19.4 Å². The first-order chi connectivity index (χ1) is 9.95. The van der Waals surface area contributed by atoms with E-state index in [4.69, 9.17) is 9.47 Å². The van der Waals surface area contributed by atoms with Gasteiger partial charge in [0.25, 0.3) is 0 Å². The molecular formula is C15H32N2O4. The second kappa shape index (κ2) is 13.0. The van der Waals surface area contributed by atoms with Gasteiger partial charge in [0.15, 0.2) is 0 Å². The molecular weight excluding hydrogens is 272 g/mol. The molecule has 0 rings (SSSR count). The van der Waals surface area contributed by atoms with Crippen molar-refractivity contribution >= 4 is 5.91 Å². The third-order valence-electron chi connectivity index (χ3n) is 2.91. The van der Waals surface area contributed by atoms with Gasteiger partial charge in [-0.25, -0.2) is 0 Å². The van der Waals surface area contributed by atoms with E-state index in [0.29, 0.717) is 45.2 Å². The topological polar surface area (TPSA) is 79.8 Å². The van der Waals surface area contributed by atoms with Crippen LogP contribution in [-0.2, 0) is 14.3 Å². The number of amides is 1. The van der Waals surface area contributed by atoms with E-state index in [1.165, 1.54) is 0 Å². The molecule has 6 nitrogen and oxygen atoms in total. The van der Waals surface area contributed by atoms with E-state index in [-0.39, 0.29) is 12.0 Å². The van der Waals surface area contributed by atoms with E-state index in [1.807, 2.05) is 6.92 Å². The molecule has 0 bridgehead atoms. The largest absolute Gasteiger partial charge is 0.389 e. The Kier molecular flexibility index (Phi) is 12.6. The average molecular weight is 304 g/mol. The van der Waals surface area contributed by atoms with Crippen molar-refractivity contribution in [3.05, 3.63) is 0 Å². The second-order valence-electron chi connectivity index (χ2n) is 5.72. The molecule has 6 heteroatoms. The van der Waals surface area contributed by atoms with Gasteiger partial charge in [0.2, 0.25) is 5.91 Å². The summed E-state index contributed by atoms with van der Waals surface area (Å²) in [6.07, 6.45) is 0.991. The minimum Gasteiger partial charge on any atom is -0.389 e. The van der Waals surface area contributed by atoms with Gasteiger partial charge in [-0.05, 0) is 19.3 Å². The lowest BCUT2D eigenvalue weighted by Crippen LogP contribution is -2.35. The van der Waals surface area contributed by atoms with Crippen LogP contribution in [0.15, 0.2) is 0 Å². The van der Waals surface area contributed by atoms with Gasteiger partial charge in [-0.2, -0.15) is 0 Å². The molecule has 1 amide bonds. The highest BCUT2D eigenvalue weighted by molar-refractivity contribution is 5.75. The smallest absolute Gasteiger partial charge is 0.221 e. The zero-order valence-corrected chi connectivity index (χ0v) is 13.9. The maximum atomic E-state index is 11.4. The Morgan fingerprint density at radius 1 is 1.24 bits per heavy atom. The summed E-state index contributed by atoms with van der Waals surface area (Å²) in [5, 5.41) is 15.6. The highest BCUT2D eigenvalue weighted by Crippen LogP contribution is 2.07. The zero-order chi connectivity index (χ0) is 16.1. The number of hydrogen-bond acceptors (Lipinski definition) is 5. The standard InChI is InChI=1S/C15H32N2O4/c1-12(2)9-13(3)21-11-14(18)10-16-6-5-15(19)17-7-8-20-4/h12-14,16,18H,5-11H2,1-4H3,(H,17,19). The summed E-state index contributed by atoms with van der Waals surface area (Å²) in [6, 6.07) is 0. The fourth-order valence-electron chi connectivity index (χ4n) is 1.92. The molecule has 0 aromatic carbocycles. The Labute approximate surface area is 128 Å². The molecule has 0 heterocycles.